The zero-order valence-electron chi connectivity index (χ0n) is 15.2. The summed E-state index contributed by atoms with van der Waals surface area (Å²) >= 11 is 0. The smallest absolute Gasteiger partial charge is 0.341 e. The van der Waals surface area contributed by atoms with Crippen molar-refractivity contribution in [2.45, 2.75) is 6.42 Å². The number of esters is 1. The molecule has 0 aliphatic rings. The van der Waals surface area contributed by atoms with Gasteiger partial charge in [-0.05, 0) is 18.1 Å². The van der Waals surface area contributed by atoms with E-state index in [9.17, 15) is 19.7 Å². The number of ether oxygens (including phenoxy) is 1. The first-order valence-corrected chi connectivity index (χ1v) is 8.32. The van der Waals surface area contributed by atoms with Crippen molar-refractivity contribution in [3.63, 3.8) is 0 Å². The number of benzene rings is 2. The molecule has 2 aromatic carbocycles. The van der Waals surface area contributed by atoms with Crippen molar-refractivity contribution >= 4 is 23.3 Å². The monoisotopic (exact) mass is 371 g/mol. The molecule has 0 bridgehead atoms. The van der Waals surface area contributed by atoms with Crippen LogP contribution in [-0.2, 0) is 16.0 Å². The molecule has 8 nitrogen and oxygen atoms in total. The molecule has 0 saturated carbocycles. The van der Waals surface area contributed by atoms with E-state index in [0.29, 0.717) is 18.7 Å². The van der Waals surface area contributed by atoms with Crippen molar-refractivity contribution in [2.75, 3.05) is 32.1 Å². The van der Waals surface area contributed by atoms with Crippen molar-refractivity contribution in [1.29, 1.82) is 0 Å². The Morgan fingerprint density at radius 3 is 2.48 bits per heavy atom. The second kappa shape index (κ2) is 9.33. The van der Waals surface area contributed by atoms with Gasteiger partial charge >= 0.3 is 5.97 Å². The van der Waals surface area contributed by atoms with E-state index in [4.69, 9.17) is 4.74 Å². The van der Waals surface area contributed by atoms with Gasteiger partial charge in [-0.15, -0.1) is 0 Å². The van der Waals surface area contributed by atoms with E-state index in [1.807, 2.05) is 30.3 Å². The van der Waals surface area contributed by atoms with Gasteiger partial charge in [-0.1, -0.05) is 30.3 Å². The van der Waals surface area contributed by atoms with Gasteiger partial charge in [-0.25, -0.2) is 4.79 Å². The maximum absolute atomic E-state index is 12.3. The van der Waals surface area contributed by atoms with Crippen LogP contribution in [0.15, 0.2) is 48.5 Å². The molecule has 0 aliphatic heterocycles. The third-order valence-corrected chi connectivity index (χ3v) is 3.81. The Balaban J connectivity index is 1.91. The van der Waals surface area contributed by atoms with E-state index in [2.05, 4.69) is 5.32 Å². The quantitative estimate of drug-likeness (QED) is 0.433. The molecule has 0 atom stereocenters. The first kappa shape index (κ1) is 19.9. The lowest BCUT2D eigenvalue weighted by Gasteiger charge is -2.16. The van der Waals surface area contributed by atoms with Gasteiger partial charge in [-0.3, -0.25) is 14.9 Å². The SMILES string of the molecule is CN(C)c1ccc([N+](=O)[O-])cc1C(=O)OCC(=O)NCCc1ccccc1. The van der Waals surface area contributed by atoms with E-state index in [1.165, 1.54) is 12.1 Å². The molecule has 0 saturated heterocycles. The van der Waals surface area contributed by atoms with Crippen LogP contribution in [0.5, 0.6) is 0 Å². The summed E-state index contributed by atoms with van der Waals surface area (Å²) in [7, 11) is 3.41. The molecule has 8 heteroatoms. The van der Waals surface area contributed by atoms with Crippen LogP contribution in [0.1, 0.15) is 15.9 Å². The lowest BCUT2D eigenvalue weighted by atomic mass is 10.1. The maximum Gasteiger partial charge on any atom is 0.341 e. The van der Waals surface area contributed by atoms with Gasteiger partial charge in [0.1, 0.15) is 0 Å². The van der Waals surface area contributed by atoms with Crippen molar-refractivity contribution in [1.82, 2.24) is 5.32 Å². The van der Waals surface area contributed by atoms with Crippen LogP contribution in [0.4, 0.5) is 11.4 Å². The highest BCUT2D eigenvalue weighted by Crippen LogP contribution is 2.24. The molecule has 0 aliphatic carbocycles. The van der Waals surface area contributed by atoms with E-state index in [0.717, 1.165) is 11.6 Å². The minimum Gasteiger partial charge on any atom is -0.452 e. The molecular formula is C19H21N3O5. The Morgan fingerprint density at radius 2 is 1.85 bits per heavy atom. The van der Waals surface area contributed by atoms with Crippen molar-refractivity contribution in [3.05, 3.63) is 69.8 Å². The molecule has 1 N–H and O–H groups in total. The summed E-state index contributed by atoms with van der Waals surface area (Å²) in [6.07, 6.45) is 0.663. The highest BCUT2D eigenvalue weighted by atomic mass is 16.6. The molecule has 0 heterocycles. The number of amides is 1. The lowest BCUT2D eigenvalue weighted by molar-refractivity contribution is -0.384. The molecule has 27 heavy (non-hydrogen) atoms. The van der Waals surface area contributed by atoms with Crippen molar-refractivity contribution in [2.24, 2.45) is 0 Å². The number of rotatable bonds is 8. The predicted molar refractivity (Wildman–Crippen MR) is 101 cm³/mol. The first-order valence-electron chi connectivity index (χ1n) is 8.32. The topological polar surface area (TPSA) is 102 Å². The molecule has 2 aromatic rings. The molecule has 0 fully saturated rings. The largest absolute Gasteiger partial charge is 0.452 e. The number of carbonyl (C=O) groups is 2. The van der Waals surface area contributed by atoms with E-state index in [1.54, 1.807) is 19.0 Å². The second-order valence-electron chi connectivity index (χ2n) is 6.01. The van der Waals surface area contributed by atoms with Gasteiger partial charge in [0, 0.05) is 32.8 Å². The Labute approximate surface area is 156 Å². The van der Waals surface area contributed by atoms with Gasteiger partial charge in [0.25, 0.3) is 11.6 Å². The van der Waals surface area contributed by atoms with Crippen LogP contribution in [0.25, 0.3) is 0 Å². The number of nitro groups is 1. The Hall–Kier alpha value is -3.42. The third kappa shape index (κ3) is 5.81. The minimum atomic E-state index is -0.791. The summed E-state index contributed by atoms with van der Waals surface area (Å²) in [5, 5.41) is 13.6. The molecule has 0 unspecified atom stereocenters. The fourth-order valence-corrected chi connectivity index (χ4v) is 2.44. The summed E-state index contributed by atoms with van der Waals surface area (Å²) in [5.41, 5.74) is 1.36. The summed E-state index contributed by atoms with van der Waals surface area (Å²) in [6, 6.07) is 13.6. The van der Waals surface area contributed by atoms with Crippen LogP contribution < -0.4 is 10.2 Å². The Bertz CT molecular complexity index is 821. The van der Waals surface area contributed by atoms with Gasteiger partial charge in [0.05, 0.1) is 16.2 Å². The number of nitrogens with one attached hydrogen (secondary N) is 1. The number of hydrogen-bond acceptors (Lipinski definition) is 6. The molecule has 0 spiro atoms. The summed E-state index contributed by atoms with van der Waals surface area (Å²) in [6.45, 7) is -0.0384. The Morgan fingerprint density at radius 1 is 1.15 bits per heavy atom. The van der Waals surface area contributed by atoms with E-state index < -0.39 is 23.4 Å². The predicted octanol–water partition coefficient (Wildman–Crippen LogP) is 2.18. The number of anilines is 1. The zero-order chi connectivity index (χ0) is 19.8. The first-order chi connectivity index (χ1) is 12.9. The maximum atomic E-state index is 12.3. The van der Waals surface area contributed by atoms with Crippen LogP contribution in [0.2, 0.25) is 0 Å². The van der Waals surface area contributed by atoms with Crippen molar-refractivity contribution < 1.29 is 19.2 Å². The normalized spacial score (nSPS) is 10.1. The van der Waals surface area contributed by atoms with Crippen LogP contribution in [0.3, 0.4) is 0 Å². The van der Waals surface area contributed by atoms with E-state index in [-0.39, 0.29) is 11.3 Å². The number of carbonyl (C=O) groups excluding carboxylic acids is 2. The van der Waals surface area contributed by atoms with Crippen LogP contribution in [-0.4, -0.2) is 44.0 Å². The number of hydrogen-bond donors (Lipinski definition) is 1. The van der Waals surface area contributed by atoms with Gasteiger partial charge in [0.15, 0.2) is 6.61 Å². The number of nitrogens with zero attached hydrogens (tertiary/aromatic N) is 2. The minimum absolute atomic E-state index is 0.0336. The Kier molecular flexibility index (Phi) is 6.87. The highest BCUT2D eigenvalue weighted by molar-refractivity contribution is 5.97. The molecular weight excluding hydrogens is 350 g/mol. The third-order valence-electron chi connectivity index (χ3n) is 3.81. The van der Waals surface area contributed by atoms with E-state index >= 15 is 0 Å². The lowest BCUT2D eigenvalue weighted by Crippen LogP contribution is -2.30. The van der Waals surface area contributed by atoms with Gasteiger partial charge in [-0.2, -0.15) is 0 Å². The highest BCUT2D eigenvalue weighted by Gasteiger charge is 2.20. The van der Waals surface area contributed by atoms with Gasteiger partial charge in [0.2, 0.25) is 0 Å². The second-order valence-corrected chi connectivity index (χ2v) is 6.01. The number of nitro benzene ring substituents is 1. The standard InChI is InChI=1S/C19H21N3O5/c1-21(2)17-9-8-15(22(25)26)12-16(17)19(24)27-13-18(23)20-11-10-14-6-4-3-5-7-14/h3-9,12H,10-11,13H2,1-2H3,(H,20,23). The van der Waals surface area contributed by atoms with Crippen LogP contribution >= 0.6 is 0 Å². The zero-order valence-corrected chi connectivity index (χ0v) is 15.2. The summed E-state index contributed by atoms with van der Waals surface area (Å²) < 4.78 is 5.02. The molecule has 1 amide bonds. The fraction of sp³-hybridized carbons (Fsp3) is 0.263. The molecule has 142 valence electrons. The van der Waals surface area contributed by atoms with Gasteiger partial charge < -0.3 is 15.0 Å². The molecule has 0 aromatic heterocycles. The summed E-state index contributed by atoms with van der Waals surface area (Å²) in [5.74, 6) is -1.23. The molecule has 0 radical (unpaired) electrons. The fourth-order valence-electron chi connectivity index (χ4n) is 2.44. The molecule has 2 rings (SSSR count). The average Bonchev–Trinajstić information content (AvgIpc) is 2.66. The van der Waals surface area contributed by atoms with Crippen molar-refractivity contribution in [3.8, 4) is 0 Å². The number of non-ortho nitro benzene ring substituents is 1. The average molecular weight is 371 g/mol. The van der Waals surface area contributed by atoms with Crippen LogP contribution in [0, 0.1) is 10.1 Å². The summed E-state index contributed by atoms with van der Waals surface area (Å²) in [4.78, 5) is 36.1.